The van der Waals surface area contributed by atoms with Gasteiger partial charge in [-0.05, 0) is 0 Å². The SMILES string of the molecule is COc1nsnc1N1CCNCC1. The second-order valence-electron chi connectivity index (χ2n) is 2.83. The predicted molar refractivity (Wildman–Crippen MR) is 51.5 cm³/mol. The number of rotatable bonds is 2. The van der Waals surface area contributed by atoms with Crippen molar-refractivity contribution in [2.24, 2.45) is 0 Å². The number of nitrogens with one attached hydrogen (secondary N) is 1. The van der Waals surface area contributed by atoms with Crippen LogP contribution in [0.4, 0.5) is 5.82 Å². The molecule has 0 saturated carbocycles. The maximum Gasteiger partial charge on any atom is 0.270 e. The molecule has 0 bridgehead atoms. The van der Waals surface area contributed by atoms with Crippen molar-refractivity contribution >= 4 is 17.5 Å². The van der Waals surface area contributed by atoms with Crippen LogP contribution < -0.4 is 15.0 Å². The lowest BCUT2D eigenvalue weighted by atomic mass is 10.4. The molecule has 1 aliphatic heterocycles. The monoisotopic (exact) mass is 200 g/mol. The summed E-state index contributed by atoms with van der Waals surface area (Å²) in [7, 11) is 1.63. The third-order valence-electron chi connectivity index (χ3n) is 2.05. The van der Waals surface area contributed by atoms with Gasteiger partial charge in [-0.3, -0.25) is 0 Å². The van der Waals surface area contributed by atoms with Crippen molar-refractivity contribution in [1.82, 2.24) is 14.1 Å². The standard InChI is InChI=1S/C7H12N4OS/c1-12-7-6(9-13-10-7)11-4-2-8-3-5-11/h8H,2-5H2,1H3. The lowest BCUT2D eigenvalue weighted by Gasteiger charge is -2.27. The smallest absolute Gasteiger partial charge is 0.270 e. The van der Waals surface area contributed by atoms with E-state index in [0.29, 0.717) is 5.88 Å². The van der Waals surface area contributed by atoms with E-state index in [1.54, 1.807) is 7.11 Å². The zero-order chi connectivity index (χ0) is 9.10. The summed E-state index contributed by atoms with van der Waals surface area (Å²) in [5.41, 5.74) is 0. The fourth-order valence-corrected chi connectivity index (χ4v) is 1.92. The molecule has 0 amide bonds. The Kier molecular flexibility index (Phi) is 2.60. The molecule has 2 rings (SSSR count). The highest BCUT2D eigenvalue weighted by Crippen LogP contribution is 2.24. The van der Waals surface area contributed by atoms with Crippen LogP contribution in [0.15, 0.2) is 0 Å². The molecule has 13 heavy (non-hydrogen) atoms. The third kappa shape index (κ3) is 1.73. The maximum absolute atomic E-state index is 5.11. The number of ether oxygens (including phenoxy) is 1. The average Bonchev–Trinajstić information content (AvgIpc) is 2.67. The second kappa shape index (κ2) is 3.89. The van der Waals surface area contributed by atoms with Gasteiger partial charge >= 0.3 is 0 Å². The Morgan fingerprint density at radius 3 is 2.85 bits per heavy atom. The van der Waals surface area contributed by atoms with Gasteiger partial charge in [0.25, 0.3) is 5.88 Å². The van der Waals surface area contributed by atoms with Crippen molar-refractivity contribution in [3.05, 3.63) is 0 Å². The number of hydrogen-bond donors (Lipinski definition) is 1. The van der Waals surface area contributed by atoms with E-state index in [2.05, 4.69) is 19.0 Å². The molecule has 1 saturated heterocycles. The normalized spacial score (nSPS) is 17.5. The van der Waals surface area contributed by atoms with Crippen LogP contribution in [0.25, 0.3) is 0 Å². The Bertz CT molecular complexity index is 271. The van der Waals surface area contributed by atoms with E-state index >= 15 is 0 Å². The molecule has 0 spiro atoms. The highest BCUT2D eigenvalue weighted by molar-refractivity contribution is 6.99. The third-order valence-corrected chi connectivity index (χ3v) is 2.55. The number of anilines is 1. The van der Waals surface area contributed by atoms with Crippen LogP contribution in [-0.2, 0) is 0 Å². The number of piperazine rings is 1. The van der Waals surface area contributed by atoms with Gasteiger partial charge in [0, 0.05) is 26.2 Å². The van der Waals surface area contributed by atoms with E-state index in [1.165, 1.54) is 11.7 Å². The summed E-state index contributed by atoms with van der Waals surface area (Å²) in [5, 5.41) is 3.29. The molecular weight excluding hydrogens is 188 g/mol. The molecule has 0 radical (unpaired) electrons. The van der Waals surface area contributed by atoms with Crippen LogP contribution in [0.1, 0.15) is 0 Å². The Morgan fingerprint density at radius 1 is 1.38 bits per heavy atom. The summed E-state index contributed by atoms with van der Waals surface area (Å²) in [6.07, 6.45) is 0. The Labute approximate surface area is 81.0 Å². The van der Waals surface area contributed by atoms with E-state index in [9.17, 15) is 0 Å². The fourth-order valence-electron chi connectivity index (χ4n) is 1.37. The molecule has 1 fully saturated rings. The summed E-state index contributed by atoms with van der Waals surface area (Å²) < 4.78 is 13.4. The predicted octanol–water partition coefficient (Wildman–Crippen LogP) is -0.0437. The van der Waals surface area contributed by atoms with Crippen LogP contribution >= 0.6 is 11.7 Å². The Balaban J connectivity index is 2.13. The van der Waals surface area contributed by atoms with E-state index in [1.807, 2.05) is 0 Å². The molecule has 1 aromatic rings. The van der Waals surface area contributed by atoms with Crippen molar-refractivity contribution in [1.29, 1.82) is 0 Å². The van der Waals surface area contributed by atoms with Crippen molar-refractivity contribution in [3.63, 3.8) is 0 Å². The molecule has 0 atom stereocenters. The van der Waals surface area contributed by atoms with Crippen LogP contribution in [0.3, 0.4) is 0 Å². The summed E-state index contributed by atoms with van der Waals surface area (Å²) in [4.78, 5) is 2.19. The van der Waals surface area contributed by atoms with E-state index in [0.717, 1.165) is 32.0 Å². The highest BCUT2D eigenvalue weighted by atomic mass is 32.1. The number of aromatic nitrogens is 2. The summed E-state index contributed by atoms with van der Waals surface area (Å²) in [5.74, 6) is 1.53. The van der Waals surface area contributed by atoms with Crippen molar-refractivity contribution in [3.8, 4) is 5.88 Å². The van der Waals surface area contributed by atoms with E-state index < -0.39 is 0 Å². The van der Waals surface area contributed by atoms with Gasteiger partial charge in [0.15, 0.2) is 0 Å². The molecule has 6 heteroatoms. The van der Waals surface area contributed by atoms with Crippen molar-refractivity contribution in [2.75, 3.05) is 38.2 Å². The van der Waals surface area contributed by atoms with Gasteiger partial charge in [-0.25, -0.2) is 0 Å². The Hall–Kier alpha value is -0.880. The topological polar surface area (TPSA) is 50.3 Å². The van der Waals surface area contributed by atoms with Gasteiger partial charge in [0.2, 0.25) is 5.82 Å². The van der Waals surface area contributed by atoms with E-state index in [-0.39, 0.29) is 0 Å². The molecule has 2 heterocycles. The molecule has 5 nitrogen and oxygen atoms in total. The fraction of sp³-hybridized carbons (Fsp3) is 0.714. The highest BCUT2D eigenvalue weighted by Gasteiger charge is 2.18. The summed E-state index contributed by atoms with van der Waals surface area (Å²) in [6, 6.07) is 0. The van der Waals surface area contributed by atoms with Crippen LogP contribution in [0.2, 0.25) is 0 Å². The van der Waals surface area contributed by atoms with Gasteiger partial charge in [-0.2, -0.15) is 4.37 Å². The molecule has 1 N–H and O–H groups in total. The van der Waals surface area contributed by atoms with Crippen molar-refractivity contribution < 1.29 is 4.74 Å². The first-order valence-corrected chi connectivity index (χ1v) is 4.97. The minimum Gasteiger partial charge on any atom is -0.478 e. The quantitative estimate of drug-likeness (QED) is 0.725. The van der Waals surface area contributed by atoms with E-state index in [4.69, 9.17) is 4.74 Å². The van der Waals surface area contributed by atoms with Crippen LogP contribution in [0, 0.1) is 0 Å². The minimum absolute atomic E-state index is 0.645. The van der Waals surface area contributed by atoms with Crippen LogP contribution in [0.5, 0.6) is 5.88 Å². The minimum atomic E-state index is 0.645. The molecular formula is C7H12N4OS. The first-order valence-electron chi connectivity index (χ1n) is 4.24. The van der Waals surface area contributed by atoms with Gasteiger partial charge < -0.3 is 15.0 Å². The molecule has 1 aromatic heterocycles. The summed E-state index contributed by atoms with van der Waals surface area (Å²) >= 11 is 1.20. The summed E-state index contributed by atoms with van der Waals surface area (Å²) in [6.45, 7) is 3.95. The number of nitrogens with zero attached hydrogens (tertiary/aromatic N) is 3. The first-order chi connectivity index (χ1) is 6.42. The van der Waals surface area contributed by atoms with Gasteiger partial charge in [-0.15, -0.1) is 4.37 Å². The lowest BCUT2D eigenvalue weighted by molar-refractivity contribution is 0.400. The molecule has 0 aromatic carbocycles. The maximum atomic E-state index is 5.11. The first kappa shape index (κ1) is 8.71. The van der Waals surface area contributed by atoms with Crippen molar-refractivity contribution in [2.45, 2.75) is 0 Å². The van der Waals surface area contributed by atoms with Gasteiger partial charge in [0.1, 0.15) is 0 Å². The lowest BCUT2D eigenvalue weighted by Crippen LogP contribution is -2.43. The molecule has 72 valence electrons. The zero-order valence-corrected chi connectivity index (χ0v) is 8.30. The number of hydrogen-bond acceptors (Lipinski definition) is 6. The molecule has 1 aliphatic rings. The van der Waals surface area contributed by atoms with Gasteiger partial charge in [0.05, 0.1) is 18.8 Å². The average molecular weight is 200 g/mol. The van der Waals surface area contributed by atoms with Crippen LogP contribution in [-0.4, -0.2) is 42.0 Å². The number of methoxy groups -OCH3 is 1. The van der Waals surface area contributed by atoms with Gasteiger partial charge in [-0.1, -0.05) is 0 Å². The largest absolute Gasteiger partial charge is 0.478 e. The zero-order valence-electron chi connectivity index (χ0n) is 7.49. The molecule has 0 aliphatic carbocycles. The second-order valence-corrected chi connectivity index (χ2v) is 3.36. The molecule has 0 unspecified atom stereocenters. The Morgan fingerprint density at radius 2 is 2.15 bits per heavy atom.